The van der Waals surface area contributed by atoms with Crippen LogP contribution in [0.25, 0.3) is 0 Å². The van der Waals surface area contributed by atoms with E-state index in [-0.39, 0.29) is 45.6 Å². The third-order valence-corrected chi connectivity index (χ3v) is 5.17. The van der Waals surface area contributed by atoms with Gasteiger partial charge in [0.25, 0.3) is 23.2 Å². The minimum atomic E-state index is -0.668. The number of nitro benzene ring substituents is 2. The smallest absolute Gasteiger partial charge is 0.282 e. The van der Waals surface area contributed by atoms with Crippen LogP contribution in [0.4, 0.5) is 11.4 Å². The molecule has 0 saturated carbocycles. The lowest BCUT2D eigenvalue weighted by molar-refractivity contribution is -0.385. The molecular weight excluding hydrogens is 487 g/mol. The number of carbonyl (C=O) groups is 2. The Bertz CT molecular complexity index is 1200. The predicted molar refractivity (Wildman–Crippen MR) is 125 cm³/mol. The van der Waals surface area contributed by atoms with E-state index in [9.17, 15) is 29.8 Å². The number of hydrogen-bond acceptors (Lipinski definition) is 6. The van der Waals surface area contributed by atoms with Crippen LogP contribution >= 0.6 is 23.2 Å². The van der Waals surface area contributed by atoms with E-state index in [1.165, 1.54) is 24.3 Å². The highest BCUT2D eigenvalue weighted by molar-refractivity contribution is 6.31. The quantitative estimate of drug-likeness (QED) is 0.338. The Morgan fingerprint density at radius 3 is 1.50 bits per heavy atom. The second kappa shape index (κ2) is 10.7. The zero-order chi connectivity index (χ0) is 24.8. The van der Waals surface area contributed by atoms with Gasteiger partial charge in [-0.1, -0.05) is 47.5 Å². The predicted octanol–water partition coefficient (Wildman–Crippen LogP) is 4.67. The van der Waals surface area contributed by atoms with Crippen molar-refractivity contribution in [2.45, 2.75) is 13.1 Å². The van der Waals surface area contributed by atoms with Gasteiger partial charge in [0.05, 0.1) is 9.85 Å². The number of amides is 2. The van der Waals surface area contributed by atoms with Crippen LogP contribution in [0.15, 0.2) is 60.7 Å². The molecule has 10 nitrogen and oxygen atoms in total. The minimum absolute atomic E-state index is 0.0596. The van der Waals surface area contributed by atoms with E-state index in [0.29, 0.717) is 11.1 Å². The summed E-state index contributed by atoms with van der Waals surface area (Å²) in [6.07, 6.45) is 0. The molecule has 0 saturated heterocycles. The molecule has 2 N–H and O–H groups in total. The molecule has 0 fully saturated rings. The largest absolute Gasteiger partial charge is 0.348 e. The Morgan fingerprint density at radius 2 is 1.12 bits per heavy atom. The minimum Gasteiger partial charge on any atom is -0.348 e. The number of nitrogens with zero attached hydrogens (tertiary/aromatic N) is 2. The molecule has 3 aromatic carbocycles. The number of hydrogen-bond donors (Lipinski definition) is 2. The fourth-order valence-electron chi connectivity index (χ4n) is 3.10. The molecule has 0 heterocycles. The summed E-state index contributed by atoms with van der Waals surface area (Å²) in [5.74, 6) is -1.33. The van der Waals surface area contributed by atoms with Gasteiger partial charge in [0.2, 0.25) is 0 Å². The Morgan fingerprint density at radius 1 is 0.706 bits per heavy atom. The van der Waals surface area contributed by atoms with Crippen molar-refractivity contribution in [3.63, 3.8) is 0 Å². The highest BCUT2D eigenvalue weighted by Crippen LogP contribution is 2.24. The maximum absolute atomic E-state index is 12.5. The van der Waals surface area contributed by atoms with Gasteiger partial charge < -0.3 is 10.6 Å². The van der Waals surface area contributed by atoms with Gasteiger partial charge in [0.1, 0.15) is 11.1 Å². The average Bonchev–Trinajstić information content (AvgIpc) is 2.80. The first-order valence-corrected chi connectivity index (χ1v) is 10.4. The van der Waals surface area contributed by atoms with E-state index >= 15 is 0 Å². The van der Waals surface area contributed by atoms with E-state index in [4.69, 9.17) is 23.2 Å². The first-order valence-electron chi connectivity index (χ1n) is 9.68. The van der Waals surface area contributed by atoms with Crippen LogP contribution in [0.1, 0.15) is 31.8 Å². The Kier molecular flexibility index (Phi) is 7.77. The standard InChI is InChI=1S/C22H16Cl2N4O6/c23-15-4-6-19(27(31)32)17(9-15)21(29)25-11-13-2-1-3-14(8-13)12-26-22(30)18-10-16(24)5-7-20(18)28(33)34/h1-10H,11-12H2,(H,25,29)(H,26,30). The van der Waals surface area contributed by atoms with Gasteiger partial charge in [-0.15, -0.1) is 0 Å². The molecule has 0 aliphatic rings. The molecule has 0 unspecified atom stereocenters. The number of nitro groups is 2. The summed E-state index contributed by atoms with van der Waals surface area (Å²) in [6, 6.07) is 14.3. The highest BCUT2D eigenvalue weighted by Gasteiger charge is 2.21. The summed E-state index contributed by atoms with van der Waals surface area (Å²) in [4.78, 5) is 45.9. The molecule has 0 spiro atoms. The summed E-state index contributed by atoms with van der Waals surface area (Å²) in [5.41, 5.74) is 0.270. The number of halogens is 2. The first-order chi connectivity index (χ1) is 16.2. The van der Waals surface area contributed by atoms with Crippen LogP contribution in [0.5, 0.6) is 0 Å². The number of rotatable bonds is 8. The van der Waals surface area contributed by atoms with Crippen molar-refractivity contribution in [3.8, 4) is 0 Å². The van der Waals surface area contributed by atoms with Gasteiger partial charge in [-0.05, 0) is 35.4 Å². The lowest BCUT2D eigenvalue weighted by atomic mass is 10.1. The van der Waals surface area contributed by atoms with Gasteiger partial charge in [0.15, 0.2) is 0 Å². The van der Waals surface area contributed by atoms with Crippen molar-refractivity contribution in [2.75, 3.05) is 0 Å². The van der Waals surface area contributed by atoms with Crippen LogP contribution in [-0.2, 0) is 13.1 Å². The molecular formula is C22H16Cl2N4O6. The fraction of sp³-hybridized carbons (Fsp3) is 0.0909. The second-order valence-corrected chi connectivity index (χ2v) is 7.90. The molecule has 2 amide bonds. The molecule has 3 aromatic rings. The number of carbonyl (C=O) groups excluding carboxylic acids is 2. The van der Waals surface area contributed by atoms with Gasteiger partial charge >= 0.3 is 0 Å². The van der Waals surface area contributed by atoms with E-state index in [0.717, 1.165) is 12.1 Å². The number of benzene rings is 3. The Balaban J connectivity index is 1.66. The first kappa shape index (κ1) is 24.6. The van der Waals surface area contributed by atoms with Gasteiger partial charge in [-0.3, -0.25) is 29.8 Å². The van der Waals surface area contributed by atoms with Crippen molar-refractivity contribution >= 4 is 46.4 Å². The average molecular weight is 503 g/mol. The Hall–Kier alpha value is -4.02. The van der Waals surface area contributed by atoms with Crippen molar-refractivity contribution in [1.82, 2.24) is 10.6 Å². The molecule has 0 bridgehead atoms. The molecule has 0 radical (unpaired) electrons. The molecule has 12 heteroatoms. The third-order valence-electron chi connectivity index (χ3n) is 4.70. The maximum atomic E-state index is 12.5. The summed E-state index contributed by atoms with van der Waals surface area (Å²) in [7, 11) is 0. The number of nitrogens with one attached hydrogen (secondary N) is 2. The zero-order valence-corrected chi connectivity index (χ0v) is 18.8. The molecule has 0 aliphatic heterocycles. The third kappa shape index (κ3) is 6.06. The van der Waals surface area contributed by atoms with Crippen molar-refractivity contribution < 1.29 is 19.4 Å². The zero-order valence-electron chi connectivity index (χ0n) is 17.3. The maximum Gasteiger partial charge on any atom is 0.282 e. The molecule has 3 rings (SSSR count). The summed E-state index contributed by atoms with van der Waals surface area (Å²) < 4.78 is 0. The van der Waals surface area contributed by atoms with Crippen molar-refractivity contribution in [1.29, 1.82) is 0 Å². The van der Waals surface area contributed by atoms with Crippen molar-refractivity contribution in [2.24, 2.45) is 0 Å². The highest BCUT2D eigenvalue weighted by atomic mass is 35.5. The normalized spacial score (nSPS) is 10.4. The van der Waals surface area contributed by atoms with Gasteiger partial charge in [-0.2, -0.15) is 0 Å². The van der Waals surface area contributed by atoms with E-state index < -0.39 is 21.7 Å². The molecule has 0 aliphatic carbocycles. The lowest BCUT2D eigenvalue weighted by Gasteiger charge is -2.10. The SMILES string of the molecule is O=C(NCc1cccc(CNC(=O)c2cc(Cl)ccc2[N+](=O)[O-])c1)c1cc(Cl)ccc1[N+](=O)[O-]. The lowest BCUT2D eigenvalue weighted by Crippen LogP contribution is -2.25. The Labute approximate surface area is 202 Å². The topological polar surface area (TPSA) is 144 Å². The van der Waals surface area contributed by atoms with Crippen LogP contribution in [0, 0.1) is 20.2 Å². The van der Waals surface area contributed by atoms with Crippen LogP contribution < -0.4 is 10.6 Å². The summed E-state index contributed by atoms with van der Waals surface area (Å²) in [6.45, 7) is 0.119. The van der Waals surface area contributed by atoms with Gasteiger partial charge in [-0.25, -0.2) is 0 Å². The van der Waals surface area contributed by atoms with E-state index in [1.54, 1.807) is 24.3 Å². The van der Waals surface area contributed by atoms with Gasteiger partial charge in [0, 0.05) is 35.3 Å². The molecule has 34 heavy (non-hydrogen) atoms. The summed E-state index contributed by atoms with van der Waals surface area (Å²) in [5, 5.41) is 27.9. The van der Waals surface area contributed by atoms with E-state index in [1.807, 2.05) is 0 Å². The molecule has 0 aromatic heterocycles. The fourth-order valence-corrected chi connectivity index (χ4v) is 3.45. The monoisotopic (exact) mass is 502 g/mol. The van der Waals surface area contributed by atoms with Crippen LogP contribution in [0.3, 0.4) is 0 Å². The molecule has 174 valence electrons. The summed E-state index contributed by atoms with van der Waals surface area (Å²) >= 11 is 11.7. The second-order valence-electron chi connectivity index (χ2n) is 7.02. The van der Waals surface area contributed by atoms with E-state index in [2.05, 4.69) is 10.6 Å². The van der Waals surface area contributed by atoms with Crippen molar-refractivity contribution in [3.05, 3.63) is 113 Å². The molecule has 0 atom stereocenters. The van der Waals surface area contributed by atoms with Crippen LogP contribution in [0.2, 0.25) is 10.0 Å². The van der Waals surface area contributed by atoms with Crippen LogP contribution in [-0.4, -0.2) is 21.7 Å².